The lowest BCUT2D eigenvalue weighted by atomic mass is 9.93. The second kappa shape index (κ2) is 17.7. The number of para-hydroxylation sites is 3. The summed E-state index contributed by atoms with van der Waals surface area (Å²) in [4.78, 5) is 2.38. The lowest BCUT2D eigenvalue weighted by molar-refractivity contribution is 1.18. The Kier molecular flexibility index (Phi) is 10.3. The molecule has 0 saturated carbocycles. The molecule has 0 N–H and O–H groups in total. The van der Waals surface area contributed by atoms with Crippen LogP contribution in [0.15, 0.2) is 279 Å². The molecule has 1 aromatic heterocycles. The van der Waals surface area contributed by atoms with Crippen LogP contribution in [0, 0.1) is 0 Å². The van der Waals surface area contributed by atoms with Crippen LogP contribution in [0.3, 0.4) is 0 Å². The zero-order valence-electron chi connectivity index (χ0n) is 40.2. The van der Waals surface area contributed by atoms with Crippen molar-refractivity contribution >= 4 is 49.6 Å². The molecule has 12 aromatic carbocycles. The predicted octanol–water partition coefficient (Wildman–Crippen LogP) is 19.3. The number of fused-ring (bicyclic) bond motifs is 7. The first-order valence-electron chi connectivity index (χ1n) is 25.3. The minimum absolute atomic E-state index is 0.963. The van der Waals surface area contributed by atoms with Crippen molar-refractivity contribution in [2.24, 2.45) is 0 Å². The van der Waals surface area contributed by atoms with Crippen molar-refractivity contribution in [3.05, 3.63) is 290 Å². The van der Waals surface area contributed by atoms with Crippen molar-refractivity contribution in [1.82, 2.24) is 4.57 Å². The van der Waals surface area contributed by atoms with Gasteiger partial charge in [-0.15, -0.1) is 0 Å². The van der Waals surface area contributed by atoms with Gasteiger partial charge >= 0.3 is 0 Å². The number of anilines is 3. The molecule has 0 atom stereocenters. The molecule has 0 amide bonds. The van der Waals surface area contributed by atoms with Crippen LogP contribution in [0.5, 0.6) is 0 Å². The fourth-order valence-corrected chi connectivity index (χ4v) is 11.6. The third-order valence-electron chi connectivity index (χ3n) is 15.1. The fraction of sp³-hybridized carbons (Fsp3) is 0.0141. The van der Waals surface area contributed by atoms with Crippen LogP contribution in [-0.2, 0) is 6.42 Å². The normalized spacial score (nSPS) is 11.8. The largest absolute Gasteiger partial charge is 0.311 e. The first-order valence-corrected chi connectivity index (χ1v) is 25.3. The number of hydrogen-bond donors (Lipinski definition) is 0. The molecule has 73 heavy (non-hydrogen) atoms. The molecule has 1 heterocycles. The molecular formula is C71H48N2. The maximum absolute atomic E-state index is 2.43. The Morgan fingerprint density at radius 1 is 0.274 bits per heavy atom. The average Bonchev–Trinajstić information content (AvgIpc) is 4.02. The first-order chi connectivity index (χ1) is 36.2. The fourth-order valence-electron chi connectivity index (χ4n) is 11.6. The van der Waals surface area contributed by atoms with Crippen molar-refractivity contribution < 1.29 is 0 Å². The molecule has 13 aromatic rings. The minimum atomic E-state index is 0.963. The monoisotopic (exact) mass is 928 g/mol. The minimum Gasteiger partial charge on any atom is -0.311 e. The van der Waals surface area contributed by atoms with E-state index in [0.29, 0.717) is 0 Å². The smallest absolute Gasteiger partial charge is 0.0541 e. The zero-order chi connectivity index (χ0) is 48.2. The van der Waals surface area contributed by atoms with Gasteiger partial charge in [0.05, 0.1) is 16.7 Å². The molecule has 0 saturated heterocycles. The van der Waals surface area contributed by atoms with Crippen LogP contribution >= 0.6 is 0 Å². The number of rotatable bonds is 9. The summed E-state index contributed by atoms with van der Waals surface area (Å²) in [7, 11) is 0. The van der Waals surface area contributed by atoms with Gasteiger partial charge in [-0.3, -0.25) is 0 Å². The van der Waals surface area contributed by atoms with Crippen molar-refractivity contribution in [3.8, 4) is 72.4 Å². The molecule has 342 valence electrons. The van der Waals surface area contributed by atoms with Crippen LogP contribution in [0.2, 0.25) is 0 Å². The summed E-state index contributed by atoms with van der Waals surface area (Å²) in [6.07, 6.45) is 0.963. The van der Waals surface area contributed by atoms with Gasteiger partial charge in [-0.1, -0.05) is 212 Å². The van der Waals surface area contributed by atoms with Crippen LogP contribution in [0.25, 0.3) is 105 Å². The highest BCUT2D eigenvalue weighted by molar-refractivity contribution is 6.10. The summed E-state index contributed by atoms with van der Waals surface area (Å²) in [5.41, 5.74) is 24.4. The van der Waals surface area contributed by atoms with Gasteiger partial charge in [-0.05, 0) is 156 Å². The molecule has 0 aliphatic heterocycles. The first kappa shape index (κ1) is 42.4. The zero-order valence-corrected chi connectivity index (χ0v) is 40.2. The van der Waals surface area contributed by atoms with E-state index in [1.165, 1.54) is 105 Å². The molecule has 0 fully saturated rings. The summed E-state index contributed by atoms with van der Waals surface area (Å²) in [6.45, 7) is 0. The maximum Gasteiger partial charge on any atom is 0.0541 e. The Morgan fingerprint density at radius 3 is 1.45 bits per heavy atom. The van der Waals surface area contributed by atoms with Gasteiger partial charge in [0.15, 0.2) is 0 Å². The third-order valence-corrected chi connectivity index (χ3v) is 15.1. The Morgan fingerprint density at radius 2 is 0.753 bits per heavy atom. The highest BCUT2D eigenvalue weighted by Gasteiger charge is 2.22. The molecule has 0 bridgehead atoms. The Labute approximate surface area is 426 Å². The van der Waals surface area contributed by atoms with Crippen LogP contribution < -0.4 is 4.90 Å². The van der Waals surface area contributed by atoms with Gasteiger partial charge in [-0.25, -0.2) is 0 Å². The number of nitrogens with zero attached hydrogens (tertiary/aromatic N) is 2. The Hall–Kier alpha value is -9.50. The van der Waals surface area contributed by atoms with E-state index >= 15 is 0 Å². The van der Waals surface area contributed by atoms with Gasteiger partial charge in [0.25, 0.3) is 0 Å². The lowest BCUT2D eigenvalue weighted by Crippen LogP contribution is -2.09. The van der Waals surface area contributed by atoms with E-state index in [-0.39, 0.29) is 0 Å². The molecule has 0 unspecified atom stereocenters. The molecule has 14 rings (SSSR count). The second-order valence-corrected chi connectivity index (χ2v) is 19.2. The average molecular weight is 929 g/mol. The number of hydrogen-bond acceptors (Lipinski definition) is 1. The Balaban J connectivity index is 0.831. The molecule has 2 heteroatoms. The van der Waals surface area contributed by atoms with Gasteiger partial charge in [-0.2, -0.15) is 0 Å². The standard InChI is InChI=1S/C71H48N2/c1-2-16-52-45-54(32-31-48(52)15-1)50-35-41-58(42-36-50)72(57-39-33-49(34-40-57)53-18-13-19-55(46-53)62-26-14-27-64-61-21-4-3-17-56(61)47-68(62)64)59-43-37-51(38-44-59)60-20-5-6-22-63(60)65-23-7-10-28-69(65)73-70-29-11-8-24-66(70)67-25-9-12-30-71(67)73/h1-46H,47H2. The number of benzene rings is 12. The molecule has 0 radical (unpaired) electrons. The van der Waals surface area contributed by atoms with Crippen molar-refractivity contribution in [3.63, 3.8) is 0 Å². The SMILES string of the molecule is c1cc(-c2ccc(N(c3ccc(-c4ccc5ccccc5c4)cc3)c3ccc(-c4ccccc4-c4ccccc4-n4c5ccccc5c5ccccc54)cc3)cc2)cc(-c2cccc3c2Cc2ccccc2-3)c1. The number of aromatic nitrogens is 1. The highest BCUT2D eigenvalue weighted by atomic mass is 15.1. The second-order valence-electron chi connectivity index (χ2n) is 19.2. The molecule has 0 spiro atoms. The van der Waals surface area contributed by atoms with E-state index in [0.717, 1.165) is 34.7 Å². The topological polar surface area (TPSA) is 8.17 Å². The van der Waals surface area contributed by atoms with Gasteiger partial charge in [0.1, 0.15) is 0 Å². The van der Waals surface area contributed by atoms with E-state index in [2.05, 4.69) is 289 Å². The van der Waals surface area contributed by atoms with Crippen molar-refractivity contribution in [1.29, 1.82) is 0 Å². The van der Waals surface area contributed by atoms with Gasteiger partial charge in [0, 0.05) is 33.4 Å². The summed E-state index contributed by atoms with van der Waals surface area (Å²) in [5.74, 6) is 0. The van der Waals surface area contributed by atoms with E-state index in [1.54, 1.807) is 0 Å². The van der Waals surface area contributed by atoms with E-state index in [4.69, 9.17) is 0 Å². The van der Waals surface area contributed by atoms with E-state index in [1.807, 2.05) is 0 Å². The molecular weight excluding hydrogens is 881 g/mol. The summed E-state index contributed by atoms with van der Waals surface area (Å²) in [5, 5.41) is 5.00. The van der Waals surface area contributed by atoms with Crippen LogP contribution in [0.4, 0.5) is 17.1 Å². The molecule has 2 nitrogen and oxygen atoms in total. The molecule has 1 aliphatic carbocycles. The lowest BCUT2D eigenvalue weighted by Gasteiger charge is -2.26. The van der Waals surface area contributed by atoms with Crippen LogP contribution in [0.1, 0.15) is 11.1 Å². The predicted molar refractivity (Wildman–Crippen MR) is 308 cm³/mol. The van der Waals surface area contributed by atoms with E-state index in [9.17, 15) is 0 Å². The quantitative estimate of drug-likeness (QED) is 0.140. The Bertz CT molecular complexity index is 4160. The van der Waals surface area contributed by atoms with Crippen molar-refractivity contribution in [2.45, 2.75) is 6.42 Å². The van der Waals surface area contributed by atoms with Gasteiger partial charge < -0.3 is 9.47 Å². The third kappa shape index (κ3) is 7.43. The van der Waals surface area contributed by atoms with Crippen LogP contribution in [-0.4, -0.2) is 4.57 Å². The summed E-state index contributed by atoms with van der Waals surface area (Å²) < 4.78 is 2.43. The van der Waals surface area contributed by atoms with E-state index < -0.39 is 0 Å². The molecule has 1 aliphatic rings. The maximum atomic E-state index is 2.43. The summed E-state index contributed by atoms with van der Waals surface area (Å²) in [6, 6.07) is 102. The summed E-state index contributed by atoms with van der Waals surface area (Å²) >= 11 is 0. The van der Waals surface area contributed by atoms with Crippen molar-refractivity contribution in [2.75, 3.05) is 4.90 Å². The highest BCUT2D eigenvalue weighted by Crippen LogP contribution is 2.44. The van der Waals surface area contributed by atoms with Gasteiger partial charge in [0.2, 0.25) is 0 Å².